The minimum atomic E-state index is -2.37. The molecule has 11 heteroatoms. The Balaban J connectivity index is 2.25. The summed E-state index contributed by atoms with van der Waals surface area (Å²) in [6.07, 6.45) is -4.43. The average molecular weight is 327 g/mol. The number of rotatable bonds is 3. The van der Waals surface area contributed by atoms with Gasteiger partial charge in [-0.05, 0) is 0 Å². The van der Waals surface area contributed by atoms with E-state index in [1.54, 1.807) is 11.5 Å². The number of aliphatic hydroxyl groups is 2. The minimum absolute atomic E-state index is 0.301. The standard InChI is InChI=1S/C12H11F2N5O4/c13-5-1-7(19-8(5)11(18-22)16-4-17-19)12(3-15)10(14)9(21)6(2-20)23-12/h1,4,6,9-10,20-22H,2H2,(H,16,17,18)/t6-,9-,10-,12+/m1/s1. The van der Waals surface area contributed by atoms with Gasteiger partial charge in [-0.3, -0.25) is 10.7 Å². The quantitative estimate of drug-likeness (QED) is 0.553. The molecule has 2 aromatic heterocycles. The molecule has 3 heterocycles. The van der Waals surface area contributed by atoms with Gasteiger partial charge in [-0.15, -0.1) is 0 Å². The highest BCUT2D eigenvalue weighted by atomic mass is 19.1. The van der Waals surface area contributed by atoms with Crippen LogP contribution in [0.5, 0.6) is 0 Å². The first-order valence-electron chi connectivity index (χ1n) is 6.45. The minimum Gasteiger partial charge on any atom is -0.394 e. The van der Waals surface area contributed by atoms with Crippen molar-refractivity contribution >= 4 is 11.3 Å². The Labute approximate surface area is 127 Å². The van der Waals surface area contributed by atoms with Gasteiger partial charge in [0.15, 0.2) is 17.8 Å². The van der Waals surface area contributed by atoms with Gasteiger partial charge in [0.2, 0.25) is 5.60 Å². The summed E-state index contributed by atoms with van der Waals surface area (Å²) < 4.78 is 34.7. The second kappa shape index (κ2) is 5.36. The number of halogens is 2. The van der Waals surface area contributed by atoms with Crippen molar-refractivity contribution in [1.29, 1.82) is 5.26 Å². The fraction of sp³-hybridized carbons (Fsp3) is 0.417. The molecule has 0 bridgehead atoms. The van der Waals surface area contributed by atoms with Gasteiger partial charge >= 0.3 is 0 Å². The van der Waals surface area contributed by atoms with Crippen LogP contribution < -0.4 is 5.48 Å². The van der Waals surface area contributed by atoms with Gasteiger partial charge in [0.25, 0.3) is 0 Å². The SMILES string of the molecule is N#C[C@@]1(c2cc(F)c3c(NO)ncnn23)O[C@H](CO)[C@@H](O)[C@H]1F. The van der Waals surface area contributed by atoms with E-state index in [0.29, 0.717) is 0 Å². The molecule has 9 nitrogen and oxygen atoms in total. The predicted octanol–water partition coefficient (Wildman–Crippen LogP) is -0.522. The molecule has 1 fully saturated rings. The Morgan fingerprint density at radius 1 is 1.57 bits per heavy atom. The molecule has 3 rings (SSSR count). The third kappa shape index (κ3) is 1.97. The van der Waals surface area contributed by atoms with Crippen molar-refractivity contribution in [3.63, 3.8) is 0 Å². The largest absolute Gasteiger partial charge is 0.394 e. The first-order valence-corrected chi connectivity index (χ1v) is 6.45. The van der Waals surface area contributed by atoms with Crippen molar-refractivity contribution in [2.24, 2.45) is 0 Å². The molecule has 0 unspecified atom stereocenters. The summed E-state index contributed by atoms with van der Waals surface area (Å²) in [4.78, 5) is 3.60. The van der Waals surface area contributed by atoms with Gasteiger partial charge in [0, 0.05) is 6.07 Å². The molecule has 0 spiro atoms. The molecular weight excluding hydrogens is 316 g/mol. The molecule has 4 atom stereocenters. The smallest absolute Gasteiger partial charge is 0.231 e. The molecule has 1 aliphatic heterocycles. The summed E-state index contributed by atoms with van der Waals surface area (Å²) in [5.74, 6) is -1.24. The highest BCUT2D eigenvalue weighted by Gasteiger charge is 2.59. The lowest BCUT2D eigenvalue weighted by molar-refractivity contribution is -0.0566. The number of aromatic nitrogens is 3. The van der Waals surface area contributed by atoms with Crippen LogP contribution in [0.3, 0.4) is 0 Å². The number of nitrogens with one attached hydrogen (secondary N) is 1. The molecule has 1 saturated heterocycles. The highest BCUT2D eigenvalue weighted by Crippen LogP contribution is 2.42. The van der Waals surface area contributed by atoms with E-state index in [9.17, 15) is 19.1 Å². The maximum Gasteiger partial charge on any atom is 0.231 e. The molecule has 0 aromatic carbocycles. The summed E-state index contributed by atoms with van der Waals surface area (Å²) in [7, 11) is 0. The van der Waals surface area contributed by atoms with E-state index in [4.69, 9.17) is 15.1 Å². The third-order valence-corrected chi connectivity index (χ3v) is 3.75. The van der Waals surface area contributed by atoms with Crippen LogP contribution in [0.15, 0.2) is 12.4 Å². The van der Waals surface area contributed by atoms with Gasteiger partial charge in [-0.25, -0.2) is 18.3 Å². The maximum atomic E-state index is 14.5. The normalized spacial score (nSPS) is 30.5. The Hall–Kier alpha value is -2.39. The van der Waals surface area contributed by atoms with Gasteiger partial charge in [0.1, 0.15) is 30.1 Å². The van der Waals surface area contributed by atoms with Crippen LogP contribution in [0.4, 0.5) is 14.6 Å². The summed E-state index contributed by atoms with van der Waals surface area (Å²) >= 11 is 0. The van der Waals surface area contributed by atoms with Crippen LogP contribution in [0.25, 0.3) is 5.52 Å². The molecule has 122 valence electrons. The molecule has 4 N–H and O–H groups in total. The van der Waals surface area contributed by atoms with E-state index in [1.807, 2.05) is 0 Å². The lowest BCUT2D eigenvalue weighted by Gasteiger charge is -2.22. The van der Waals surface area contributed by atoms with E-state index in [-0.39, 0.29) is 17.0 Å². The lowest BCUT2D eigenvalue weighted by Crippen LogP contribution is -2.37. The van der Waals surface area contributed by atoms with Crippen LogP contribution >= 0.6 is 0 Å². The Morgan fingerprint density at radius 2 is 2.30 bits per heavy atom. The van der Waals surface area contributed by atoms with Crippen molar-refractivity contribution in [3.05, 3.63) is 23.9 Å². The van der Waals surface area contributed by atoms with Crippen molar-refractivity contribution < 1.29 is 28.9 Å². The van der Waals surface area contributed by atoms with Gasteiger partial charge < -0.3 is 14.9 Å². The highest BCUT2D eigenvalue weighted by molar-refractivity contribution is 5.68. The molecular formula is C12H11F2N5O4. The predicted molar refractivity (Wildman–Crippen MR) is 68.5 cm³/mol. The average Bonchev–Trinajstić information content (AvgIpc) is 3.04. The third-order valence-electron chi connectivity index (χ3n) is 3.75. The summed E-state index contributed by atoms with van der Waals surface area (Å²) in [5.41, 5.74) is -1.38. The van der Waals surface area contributed by atoms with Crippen molar-refractivity contribution in [3.8, 4) is 6.07 Å². The van der Waals surface area contributed by atoms with Crippen LogP contribution in [-0.2, 0) is 10.3 Å². The number of alkyl halides is 1. The number of hydrogen-bond acceptors (Lipinski definition) is 8. The number of fused-ring (bicyclic) bond motifs is 1. The Morgan fingerprint density at radius 3 is 2.87 bits per heavy atom. The topological polar surface area (TPSA) is 136 Å². The van der Waals surface area contributed by atoms with E-state index in [1.165, 1.54) is 0 Å². The molecule has 23 heavy (non-hydrogen) atoms. The Bertz CT molecular complexity index is 794. The monoisotopic (exact) mass is 327 g/mol. The number of anilines is 1. The van der Waals surface area contributed by atoms with E-state index in [0.717, 1.165) is 16.9 Å². The van der Waals surface area contributed by atoms with E-state index in [2.05, 4.69) is 10.1 Å². The molecule has 2 aromatic rings. The summed E-state index contributed by atoms with van der Waals surface area (Å²) in [6.45, 7) is -0.727. The Kier molecular flexibility index (Phi) is 3.61. The van der Waals surface area contributed by atoms with Crippen LogP contribution in [-0.4, -0.2) is 55.0 Å². The van der Waals surface area contributed by atoms with Gasteiger partial charge in [0.05, 0.1) is 12.3 Å². The fourth-order valence-electron chi connectivity index (χ4n) is 2.64. The van der Waals surface area contributed by atoms with Crippen molar-refractivity contribution in [2.75, 3.05) is 12.1 Å². The van der Waals surface area contributed by atoms with Gasteiger partial charge in [-0.2, -0.15) is 10.4 Å². The lowest BCUT2D eigenvalue weighted by atomic mass is 9.94. The molecule has 0 aliphatic carbocycles. The first-order chi connectivity index (χ1) is 11.0. The zero-order valence-corrected chi connectivity index (χ0v) is 11.4. The zero-order chi connectivity index (χ0) is 16.8. The summed E-state index contributed by atoms with van der Waals surface area (Å²) in [5, 5.41) is 41.0. The molecule has 0 amide bonds. The molecule has 1 aliphatic rings. The van der Waals surface area contributed by atoms with Crippen LogP contribution in [0.1, 0.15) is 5.69 Å². The second-order valence-electron chi connectivity index (χ2n) is 4.94. The molecule has 0 radical (unpaired) electrons. The van der Waals surface area contributed by atoms with Gasteiger partial charge in [-0.1, -0.05) is 0 Å². The number of ether oxygens (including phenoxy) is 1. The molecule has 0 saturated carbocycles. The number of aliphatic hydroxyl groups excluding tert-OH is 2. The van der Waals surface area contributed by atoms with Crippen LogP contribution in [0, 0.1) is 17.1 Å². The summed E-state index contributed by atoms with van der Waals surface area (Å²) in [6, 6.07) is 2.38. The zero-order valence-electron chi connectivity index (χ0n) is 11.4. The fourth-order valence-corrected chi connectivity index (χ4v) is 2.64. The van der Waals surface area contributed by atoms with E-state index < -0.39 is 36.4 Å². The second-order valence-corrected chi connectivity index (χ2v) is 4.94. The first kappa shape index (κ1) is 15.5. The van der Waals surface area contributed by atoms with Crippen LogP contribution in [0.2, 0.25) is 0 Å². The maximum absolute atomic E-state index is 14.5. The number of hydrogen-bond donors (Lipinski definition) is 4. The van der Waals surface area contributed by atoms with E-state index >= 15 is 0 Å². The van der Waals surface area contributed by atoms with Crippen molar-refractivity contribution in [1.82, 2.24) is 14.6 Å². The number of nitriles is 1. The number of nitrogens with zero attached hydrogens (tertiary/aromatic N) is 4. The van der Waals surface area contributed by atoms with Crippen molar-refractivity contribution in [2.45, 2.75) is 24.0 Å².